The number of aliphatic hydroxyl groups is 1. The van der Waals surface area contributed by atoms with Crippen molar-refractivity contribution in [1.82, 2.24) is 10.3 Å². The lowest BCUT2D eigenvalue weighted by Crippen LogP contribution is -2.38. The molecular weight excluding hydrogens is 304 g/mol. The van der Waals surface area contributed by atoms with Gasteiger partial charge in [0.15, 0.2) is 0 Å². The molecule has 1 aromatic heterocycles. The van der Waals surface area contributed by atoms with E-state index in [4.69, 9.17) is 9.47 Å². The van der Waals surface area contributed by atoms with Crippen LogP contribution in [-0.2, 0) is 11.3 Å². The van der Waals surface area contributed by atoms with Gasteiger partial charge in [0.1, 0.15) is 17.5 Å². The van der Waals surface area contributed by atoms with Gasteiger partial charge in [-0.2, -0.15) is 0 Å². The summed E-state index contributed by atoms with van der Waals surface area (Å²) in [5, 5.41) is 13.6. The summed E-state index contributed by atoms with van der Waals surface area (Å²) in [6, 6.07) is 13.5. The third-order valence-corrected chi connectivity index (χ3v) is 3.80. The van der Waals surface area contributed by atoms with Gasteiger partial charge in [-0.15, -0.1) is 0 Å². The molecule has 5 nitrogen and oxygen atoms in total. The molecule has 0 bridgehead atoms. The molecule has 24 heavy (non-hydrogen) atoms. The van der Waals surface area contributed by atoms with E-state index in [0.717, 1.165) is 11.3 Å². The summed E-state index contributed by atoms with van der Waals surface area (Å²) in [5.74, 6) is 0.704. The van der Waals surface area contributed by atoms with Gasteiger partial charge in [-0.3, -0.25) is 0 Å². The molecule has 1 aromatic carbocycles. The minimum absolute atomic E-state index is 0.0513. The Hall–Kier alpha value is -1.95. The molecule has 1 aliphatic heterocycles. The summed E-state index contributed by atoms with van der Waals surface area (Å²) < 4.78 is 11.6. The van der Waals surface area contributed by atoms with Gasteiger partial charge in [-0.1, -0.05) is 30.3 Å². The molecule has 128 valence electrons. The zero-order valence-corrected chi connectivity index (χ0v) is 14.3. The van der Waals surface area contributed by atoms with Gasteiger partial charge in [-0.25, -0.2) is 4.98 Å². The molecule has 2 atom stereocenters. The summed E-state index contributed by atoms with van der Waals surface area (Å²) in [6.07, 6.45) is -1.08. The molecule has 0 unspecified atom stereocenters. The van der Waals surface area contributed by atoms with Crippen molar-refractivity contribution >= 4 is 0 Å². The Morgan fingerprint density at radius 2 is 1.96 bits per heavy atom. The topological polar surface area (TPSA) is 63.6 Å². The third-order valence-electron chi connectivity index (χ3n) is 3.80. The van der Waals surface area contributed by atoms with Gasteiger partial charge >= 0.3 is 0 Å². The first kappa shape index (κ1) is 16.9. The van der Waals surface area contributed by atoms with Crippen LogP contribution in [0.3, 0.4) is 0 Å². The smallest absolute Gasteiger partial charge is 0.227 e. The maximum atomic E-state index is 10.3. The Morgan fingerprint density at radius 1 is 1.21 bits per heavy atom. The molecule has 0 radical (unpaired) electrons. The number of nitrogens with zero attached hydrogens (tertiary/aromatic N) is 1. The minimum Gasteiger partial charge on any atom is -0.459 e. The molecule has 0 spiro atoms. The van der Waals surface area contributed by atoms with Gasteiger partial charge in [0.2, 0.25) is 6.29 Å². The number of pyridine rings is 1. The summed E-state index contributed by atoms with van der Waals surface area (Å²) in [7, 11) is 0. The first-order valence-electron chi connectivity index (χ1n) is 8.18. The second-order valence-corrected chi connectivity index (χ2v) is 7.00. The first-order chi connectivity index (χ1) is 11.4. The Bertz CT molecular complexity index is 683. The van der Waals surface area contributed by atoms with Gasteiger partial charge in [0.25, 0.3) is 0 Å². The average molecular weight is 328 g/mol. The molecule has 0 amide bonds. The molecular formula is C19H24N2O3. The minimum atomic E-state index is -0.665. The second kappa shape index (κ2) is 6.89. The van der Waals surface area contributed by atoms with Crippen LogP contribution in [0.5, 0.6) is 5.75 Å². The molecule has 5 heteroatoms. The standard InChI is InChI=1S/C19H24N2O3/c1-19(2,3)20-11-16(22)14-9-10-17-15(21-14)12-23-18(24-17)13-7-5-4-6-8-13/h4-10,16,18,20,22H,11-12H2,1-3H3/t16-,18-/m0/s1. The molecule has 2 heterocycles. The van der Waals surface area contributed by atoms with Gasteiger partial charge in [0.05, 0.1) is 12.3 Å². The fraction of sp³-hybridized carbons (Fsp3) is 0.421. The average Bonchev–Trinajstić information content (AvgIpc) is 2.59. The van der Waals surface area contributed by atoms with E-state index in [9.17, 15) is 5.11 Å². The van der Waals surface area contributed by atoms with Crippen LogP contribution in [0.4, 0.5) is 0 Å². The van der Waals surface area contributed by atoms with Crippen molar-refractivity contribution in [3.63, 3.8) is 0 Å². The fourth-order valence-electron chi connectivity index (χ4n) is 2.49. The highest BCUT2D eigenvalue weighted by Crippen LogP contribution is 2.32. The predicted molar refractivity (Wildman–Crippen MR) is 91.6 cm³/mol. The second-order valence-electron chi connectivity index (χ2n) is 7.00. The maximum absolute atomic E-state index is 10.3. The Labute approximate surface area is 142 Å². The van der Waals surface area contributed by atoms with Crippen LogP contribution >= 0.6 is 0 Å². The number of ether oxygens (including phenoxy) is 2. The van der Waals surface area contributed by atoms with Crippen LogP contribution in [0.1, 0.15) is 50.1 Å². The van der Waals surface area contributed by atoms with E-state index in [1.54, 1.807) is 6.07 Å². The first-order valence-corrected chi connectivity index (χ1v) is 8.18. The number of β-amino-alcohol motifs (C(OH)–C–C–N with tert-alkyl or cyclic N) is 1. The zero-order valence-electron chi connectivity index (χ0n) is 14.3. The van der Waals surface area contributed by atoms with E-state index in [1.807, 2.05) is 36.4 Å². The Morgan fingerprint density at radius 3 is 2.67 bits per heavy atom. The van der Waals surface area contributed by atoms with Crippen molar-refractivity contribution in [1.29, 1.82) is 0 Å². The number of fused-ring (bicyclic) bond motifs is 1. The number of aliphatic hydroxyl groups excluding tert-OH is 1. The maximum Gasteiger partial charge on any atom is 0.227 e. The fourth-order valence-corrected chi connectivity index (χ4v) is 2.49. The van der Waals surface area contributed by atoms with Crippen LogP contribution in [0, 0.1) is 0 Å². The number of hydrogen-bond donors (Lipinski definition) is 2. The Kier molecular flexibility index (Phi) is 4.85. The van der Waals surface area contributed by atoms with Crippen LogP contribution in [0.15, 0.2) is 42.5 Å². The normalized spacial score (nSPS) is 18.6. The van der Waals surface area contributed by atoms with Crippen LogP contribution < -0.4 is 10.1 Å². The number of nitrogens with one attached hydrogen (secondary N) is 1. The number of hydrogen-bond acceptors (Lipinski definition) is 5. The van der Waals surface area contributed by atoms with Crippen molar-refractivity contribution in [2.24, 2.45) is 0 Å². The van der Waals surface area contributed by atoms with Gasteiger partial charge in [-0.05, 0) is 32.9 Å². The SMILES string of the molecule is CC(C)(C)NC[C@H](O)c1ccc2c(n1)CO[C@H](c1ccccc1)O2. The molecule has 0 fully saturated rings. The summed E-state index contributed by atoms with van der Waals surface area (Å²) in [5.41, 5.74) is 2.26. The highest BCUT2D eigenvalue weighted by molar-refractivity contribution is 5.32. The van der Waals surface area contributed by atoms with Crippen molar-refractivity contribution < 1.29 is 14.6 Å². The number of rotatable bonds is 4. The van der Waals surface area contributed by atoms with Crippen LogP contribution in [0.2, 0.25) is 0 Å². The van der Waals surface area contributed by atoms with Crippen molar-refractivity contribution in [2.75, 3.05) is 6.54 Å². The number of benzene rings is 1. The number of aromatic nitrogens is 1. The molecule has 1 aliphatic rings. The third kappa shape index (κ3) is 4.12. The van der Waals surface area contributed by atoms with E-state index in [0.29, 0.717) is 24.6 Å². The highest BCUT2D eigenvalue weighted by atomic mass is 16.7. The quantitative estimate of drug-likeness (QED) is 0.903. The van der Waals surface area contributed by atoms with E-state index in [-0.39, 0.29) is 5.54 Å². The van der Waals surface area contributed by atoms with Crippen LogP contribution in [-0.4, -0.2) is 22.2 Å². The lowest BCUT2D eigenvalue weighted by molar-refractivity contribution is -0.113. The lowest BCUT2D eigenvalue weighted by Gasteiger charge is -2.27. The van der Waals surface area contributed by atoms with Gasteiger partial charge in [0, 0.05) is 17.6 Å². The van der Waals surface area contributed by atoms with E-state index in [2.05, 4.69) is 31.1 Å². The predicted octanol–water partition coefficient (Wildman–Crippen LogP) is 3.11. The molecule has 2 N–H and O–H groups in total. The molecule has 0 saturated heterocycles. The zero-order chi connectivity index (χ0) is 17.2. The molecule has 0 saturated carbocycles. The van der Waals surface area contributed by atoms with Crippen molar-refractivity contribution in [2.45, 2.75) is 45.3 Å². The van der Waals surface area contributed by atoms with Crippen molar-refractivity contribution in [3.05, 3.63) is 59.4 Å². The van der Waals surface area contributed by atoms with E-state index >= 15 is 0 Å². The van der Waals surface area contributed by atoms with Gasteiger partial charge < -0.3 is 19.9 Å². The van der Waals surface area contributed by atoms with Crippen molar-refractivity contribution in [3.8, 4) is 5.75 Å². The Balaban J connectivity index is 1.70. The van der Waals surface area contributed by atoms with E-state index < -0.39 is 12.4 Å². The van der Waals surface area contributed by atoms with Crippen LogP contribution in [0.25, 0.3) is 0 Å². The summed E-state index contributed by atoms with van der Waals surface area (Å²) in [4.78, 5) is 4.50. The largest absolute Gasteiger partial charge is 0.459 e. The summed E-state index contributed by atoms with van der Waals surface area (Å²) in [6.45, 7) is 6.99. The molecule has 0 aliphatic carbocycles. The monoisotopic (exact) mass is 328 g/mol. The molecule has 3 rings (SSSR count). The molecule has 2 aromatic rings. The lowest BCUT2D eigenvalue weighted by atomic mass is 10.1. The summed E-state index contributed by atoms with van der Waals surface area (Å²) >= 11 is 0. The van der Waals surface area contributed by atoms with E-state index in [1.165, 1.54) is 0 Å². The highest BCUT2D eigenvalue weighted by Gasteiger charge is 2.24.